The van der Waals surface area contributed by atoms with Gasteiger partial charge in [-0.1, -0.05) is 0 Å². The van der Waals surface area contributed by atoms with Crippen LogP contribution in [0, 0.1) is 0 Å². The van der Waals surface area contributed by atoms with Crippen LogP contribution in [0.3, 0.4) is 0 Å². The summed E-state index contributed by atoms with van der Waals surface area (Å²) in [7, 11) is 0. The second-order valence-corrected chi connectivity index (χ2v) is 2.73. The SMILES string of the molecule is O[C@@H]1COC2C1OC[C@H]2O. The van der Waals surface area contributed by atoms with E-state index in [1.807, 2.05) is 0 Å². The molecule has 4 atom stereocenters. The van der Waals surface area contributed by atoms with Crippen LogP contribution in [0.15, 0.2) is 0 Å². The van der Waals surface area contributed by atoms with Gasteiger partial charge in [-0.25, -0.2) is 0 Å². The van der Waals surface area contributed by atoms with Gasteiger partial charge in [0.05, 0.1) is 13.2 Å². The highest BCUT2D eigenvalue weighted by Crippen LogP contribution is 2.26. The van der Waals surface area contributed by atoms with Crippen molar-refractivity contribution in [3.8, 4) is 0 Å². The third kappa shape index (κ3) is 0.769. The Balaban J connectivity index is 2.09. The number of hydrogen-bond acceptors (Lipinski definition) is 4. The average Bonchev–Trinajstić information content (AvgIpc) is 2.41. The molecule has 0 saturated carbocycles. The number of hydrogen-bond donors (Lipinski definition) is 2. The summed E-state index contributed by atoms with van der Waals surface area (Å²) in [5.41, 5.74) is 0. The van der Waals surface area contributed by atoms with Gasteiger partial charge in [0.1, 0.15) is 24.4 Å². The lowest BCUT2D eigenvalue weighted by atomic mass is 10.1. The summed E-state index contributed by atoms with van der Waals surface area (Å²) in [6.45, 7) is 0.568. The molecule has 2 aliphatic heterocycles. The molecule has 4 heteroatoms. The molecule has 4 nitrogen and oxygen atoms in total. The van der Waals surface area contributed by atoms with Gasteiger partial charge >= 0.3 is 0 Å². The van der Waals surface area contributed by atoms with Crippen molar-refractivity contribution in [1.29, 1.82) is 0 Å². The Labute approximate surface area is 58.4 Å². The lowest BCUT2D eigenvalue weighted by Crippen LogP contribution is -2.30. The van der Waals surface area contributed by atoms with Crippen LogP contribution < -0.4 is 0 Å². The van der Waals surface area contributed by atoms with Crippen LogP contribution in [-0.4, -0.2) is 47.8 Å². The highest BCUT2D eigenvalue weighted by Gasteiger charge is 2.46. The van der Waals surface area contributed by atoms with Gasteiger partial charge in [-0.3, -0.25) is 0 Å². The van der Waals surface area contributed by atoms with Crippen LogP contribution in [0.25, 0.3) is 0 Å². The summed E-state index contributed by atoms with van der Waals surface area (Å²) < 4.78 is 10.2. The minimum absolute atomic E-state index is 0.284. The number of aliphatic hydroxyl groups excluding tert-OH is 2. The smallest absolute Gasteiger partial charge is 0.114 e. The second kappa shape index (κ2) is 2.17. The van der Waals surface area contributed by atoms with E-state index in [-0.39, 0.29) is 25.4 Å². The van der Waals surface area contributed by atoms with Crippen molar-refractivity contribution in [1.82, 2.24) is 0 Å². The van der Waals surface area contributed by atoms with E-state index in [2.05, 4.69) is 0 Å². The Kier molecular flexibility index (Phi) is 1.42. The number of aliphatic hydroxyl groups is 2. The van der Waals surface area contributed by atoms with E-state index < -0.39 is 12.2 Å². The van der Waals surface area contributed by atoms with Crippen molar-refractivity contribution in [2.75, 3.05) is 13.2 Å². The van der Waals surface area contributed by atoms with E-state index in [9.17, 15) is 0 Å². The Hall–Kier alpha value is -0.160. The monoisotopic (exact) mass is 146 g/mol. The van der Waals surface area contributed by atoms with E-state index in [4.69, 9.17) is 19.7 Å². The van der Waals surface area contributed by atoms with Crippen molar-refractivity contribution < 1.29 is 19.7 Å². The van der Waals surface area contributed by atoms with Crippen LogP contribution in [0.4, 0.5) is 0 Å². The summed E-state index contributed by atoms with van der Waals surface area (Å²) in [4.78, 5) is 0. The van der Waals surface area contributed by atoms with Crippen LogP contribution in [0.1, 0.15) is 0 Å². The summed E-state index contributed by atoms with van der Waals surface area (Å²) in [5, 5.41) is 18.3. The quantitative estimate of drug-likeness (QED) is 0.437. The Morgan fingerprint density at radius 1 is 0.900 bits per heavy atom. The zero-order valence-corrected chi connectivity index (χ0v) is 5.43. The maximum absolute atomic E-state index is 9.16. The second-order valence-electron chi connectivity index (χ2n) is 2.73. The predicted molar refractivity (Wildman–Crippen MR) is 31.5 cm³/mol. The third-order valence-corrected chi connectivity index (χ3v) is 2.00. The van der Waals surface area contributed by atoms with Gasteiger partial charge in [0.2, 0.25) is 0 Å². The standard InChI is InChI=1S/C6H10O4/c7-3-1-9-6-4(8)2-10-5(3)6/h3-8H,1-2H2/t3-,4-,5?,6?/m1/s1. The highest BCUT2D eigenvalue weighted by molar-refractivity contribution is 4.93. The highest BCUT2D eigenvalue weighted by atomic mass is 16.6. The van der Waals surface area contributed by atoms with Crippen molar-refractivity contribution in [3.05, 3.63) is 0 Å². The molecule has 58 valence electrons. The molecule has 0 bridgehead atoms. The van der Waals surface area contributed by atoms with Crippen molar-refractivity contribution in [2.45, 2.75) is 24.4 Å². The molecule has 0 amide bonds. The molecule has 2 aliphatic rings. The summed E-state index contributed by atoms with van der Waals surface area (Å²) in [6, 6.07) is 0. The molecule has 0 aromatic rings. The summed E-state index contributed by atoms with van der Waals surface area (Å²) >= 11 is 0. The molecule has 2 heterocycles. The van der Waals surface area contributed by atoms with E-state index in [0.29, 0.717) is 0 Å². The molecular weight excluding hydrogens is 136 g/mol. The summed E-state index contributed by atoms with van der Waals surface area (Å²) in [6.07, 6.45) is -1.70. The number of rotatable bonds is 0. The maximum atomic E-state index is 9.16. The van der Waals surface area contributed by atoms with E-state index in [0.717, 1.165) is 0 Å². The normalized spacial score (nSPS) is 53.4. The minimum Gasteiger partial charge on any atom is -0.388 e. The Morgan fingerprint density at radius 3 is 1.70 bits per heavy atom. The molecule has 2 fully saturated rings. The number of fused-ring (bicyclic) bond motifs is 1. The molecule has 0 aromatic heterocycles. The van der Waals surface area contributed by atoms with Crippen LogP contribution in [0.2, 0.25) is 0 Å². The molecule has 0 aromatic carbocycles. The van der Waals surface area contributed by atoms with Crippen molar-refractivity contribution in [2.24, 2.45) is 0 Å². The lowest BCUT2D eigenvalue weighted by molar-refractivity contribution is 0.00205. The fourth-order valence-corrected chi connectivity index (χ4v) is 1.46. The first kappa shape index (κ1) is 6.54. The fourth-order valence-electron chi connectivity index (χ4n) is 1.46. The first-order valence-electron chi connectivity index (χ1n) is 3.38. The molecule has 2 N–H and O–H groups in total. The van der Waals surface area contributed by atoms with Crippen LogP contribution >= 0.6 is 0 Å². The minimum atomic E-state index is -0.554. The fraction of sp³-hybridized carbons (Fsp3) is 1.00. The van der Waals surface area contributed by atoms with Gasteiger partial charge in [0.25, 0.3) is 0 Å². The van der Waals surface area contributed by atoms with Crippen molar-refractivity contribution in [3.63, 3.8) is 0 Å². The molecule has 2 unspecified atom stereocenters. The molecular formula is C6H10O4. The van der Waals surface area contributed by atoms with Gasteiger partial charge in [0, 0.05) is 0 Å². The van der Waals surface area contributed by atoms with Gasteiger partial charge in [0.15, 0.2) is 0 Å². The molecule has 0 aliphatic carbocycles. The zero-order chi connectivity index (χ0) is 7.14. The van der Waals surface area contributed by atoms with Crippen LogP contribution in [0.5, 0.6) is 0 Å². The topological polar surface area (TPSA) is 58.9 Å². The van der Waals surface area contributed by atoms with Gasteiger partial charge in [-0.05, 0) is 0 Å². The van der Waals surface area contributed by atoms with Gasteiger partial charge in [-0.15, -0.1) is 0 Å². The van der Waals surface area contributed by atoms with E-state index in [1.165, 1.54) is 0 Å². The first-order chi connectivity index (χ1) is 4.79. The molecule has 2 saturated heterocycles. The average molecular weight is 146 g/mol. The summed E-state index contributed by atoms with van der Waals surface area (Å²) in [5.74, 6) is 0. The lowest BCUT2D eigenvalue weighted by Gasteiger charge is -2.09. The molecule has 0 spiro atoms. The number of ether oxygens (including phenoxy) is 2. The van der Waals surface area contributed by atoms with Crippen molar-refractivity contribution >= 4 is 0 Å². The van der Waals surface area contributed by atoms with E-state index in [1.54, 1.807) is 0 Å². The van der Waals surface area contributed by atoms with Gasteiger partial charge < -0.3 is 19.7 Å². The largest absolute Gasteiger partial charge is 0.388 e. The Morgan fingerprint density at radius 2 is 1.30 bits per heavy atom. The Bertz CT molecular complexity index is 122. The molecule has 0 radical (unpaired) electrons. The van der Waals surface area contributed by atoms with Gasteiger partial charge in [-0.2, -0.15) is 0 Å². The maximum Gasteiger partial charge on any atom is 0.114 e. The zero-order valence-electron chi connectivity index (χ0n) is 5.43. The third-order valence-electron chi connectivity index (χ3n) is 2.00. The van der Waals surface area contributed by atoms with Crippen LogP contribution in [-0.2, 0) is 9.47 Å². The predicted octanol–water partition coefficient (Wildman–Crippen LogP) is -1.49. The first-order valence-corrected chi connectivity index (χ1v) is 3.38. The van der Waals surface area contributed by atoms with E-state index >= 15 is 0 Å². The molecule has 2 rings (SSSR count). The molecule has 10 heavy (non-hydrogen) atoms.